The number of hydrogen-bond donors (Lipinski definition) is 1. The zero-order valence-electron chi connectivity index (χ0n) is 12.7. The summed E-state index contributed by atoms with van der Waals surface area (Å²) in [7, 11) is 3.21. The minimum absolute atomic E-state index is 0.0548. The second-order valence-corrected chi connectivity index (χ2v) is 6.01. The predicted octanol–water partition coefficient (Wildman–Crippen LogP) is 3.10. The van der Waals surface area contributed by atoms with Gasteiger partial charge in [0, 0.05) is 10.9 Å². The Balaban J connectivity index is 2.70. The molecule has 1 rings (SSSR count). The molecule has 0 aliphatic heterocycles. The predicted molar refractivity (Wildman–Crippen MR) is 82.8 cm³/mol. The number of hydrogen-bond acceptors (Lipinski definition) is 4. The van der Waals surface area contributed by atoms with Crippen LogP contribution in [0, 0.1) is 0 Å². The highest BCUT2D eigenvalue weighted by Gasteiger charge is 2.16. The Morgan fingerprint density at radius 1 is 1.25 bits per heavy atom. The number of nitrogens with one attached hydrogen (secondary N) is 1. The summed E-state index contributed by atoms with van der Waals surface area (Å²) in [5.41, 5.74) is 0. The van der Waals surface area contributed by atoms with E-state index in [1.165, 1.54) is 11.8 Å². The van der Waals surface area contributed by atoms with Crippen LogP contribution in [0.3, 0.4) is 0 Å². The molecule has 0 saturated heterocycles. The molecule has 0 spiro atoms. The Morgan fingerprint density at radius 3 is 2.45 bits per heavy atom. The van der Waals surface area contributed by atoms with Crippen molar-refractivity contribution >= 4 is 17.7 Å². The standard InChI is InChI=1S/C15H23NO3S/c1-6-10(2)16-15(17)11(3)20-12-7-8-13(18-4)14(9-12)19-5/h7-11H,6H2,1-5H3,(H,16,17)/t10-,11-/m0/s1. The van der Waals surface area contributed by atoms with Crippen LogP contribution in [0.25, 0.3) is 0 Å². The fourth-order valence-corrected chi connectivity index (χ4v) is 2.51. The molecule has 0 aromatic heterocycles. The first kappa shape index (κ1) is 16.7. The van der Waals surface area contributed by atoms with Gasteiger partial charge in [0.05, 0.1) is 19.5 Å². The number of benzene rings is 1. The SMILES string of the molecule is CC[C@H](C)NC(=O)[C@H](C)Sc1ccc(OC)c(OC)c1. The minimum Gasteiger partial charge on any atom is -0.493 e. The lowest BCUT2D eigenvalue weighted by Crippen LogP contribution is -2.37. The maximum atomic E-state index is 12.0. The van der Waals surface area contributed by atoms with Crippen molar-refractivity contribution < 1.29 is 14.3 Å². The van der Waals surface area contributed by atoms with E-state index in [2.05, 4.69) is 12.2 Å². The van der Waals surface area contributed by atoms with Crippen molar-refractivity contribution in [3.05, 3.63) is 18.2 Å². The van der Waals surface area contributed by atoms with Crippen molar-refractivity contribution in [3.63, 3.8) is 0 Å². The van der Waals surface area contributed by atoms with Crippen LogP contribution in [0.15, 0.2) is 23.1 Å². The molecule has 4 nitrogen and oxygen atoms in total. The molecule has 20 heavy (non-hydrogen) atoms. The maximum absolute atomic E-state index is 12.0. The summed E-state index contributed by atoms with van der Waals surface area (Å²) >= 11 is 1.51. The summed E-state index contributed by atoms with van der Waals surface area (Å²) in [4.78, 5) is 13.0. The third-order valence-electron chi connectivity index (χ3n) is 3.04. The largest absolute Gasteiger partial charge is 0.493 e. The lowest BCUT2D eigenvalue weighted by atomic mass is 10.2. The van der Waals surface area contributed by atoms with E-state index in [4.69, 9.17) is 9.47 Å². The Labute approximate surface area is 125 Å². The van der Waals surface area contributed by atoms with E-state index < -0.39 is 0 Å². The van der Waals surface area contributed by atoms with Gasteiger partial charge < -0.3 is 14.8 Å². The molecule has 1 aromatic rings. The Kier molecular flexibility index (Phi) is 6.71. The van der Waals surface area contributed by atoms with Crippen molar-refractivity contribution in [2.45, 2.75) is 43.4 Å². The third-order valence-corrected chi connectivity index (χ3v) is 4.13. The Morgan fingerprint density at radius 2 is 1.90 bits per heavy atom. The van der Waals surface area contributed by atoms with Gasteiger partial charge in [-0.1, -0.05) is 6.92 Å². The van der Waals surface area contributed by atoms with E-state index in [1.807, 2.05) is 32.0 Å². The summed E-state index contributed by atoms with van der Waals surface area (Å²) in [6, 6.07) is 5.87. The van der Waals surface area contributed by atoms with Gasteiger partial charge in [-0.15, -0.1) is 11.8 Å². The zero-order chi connectivity index (χ0) is 15.1. The van der Waals surface area contributed by atoms with E-state index in [0.717, 1.165) is 11.3 Å². The average Bonchev–Trinajstić information content (AvgIpc) is 2.46. The number of rotatable bonds is 7. The highest BCUT2D eigenvalue weighted by molar-refractivity contribution is 8.00. The molecule has 1 N–H and O–H groups in total. The van der Waals surface area contributed by atoms with Crippen molar-refractivity contribution in [1.82, 2.24) is 5.32 Å². The summed E-state index contributed by atoms with van der Waals surface area (Å²) in [5, 5.41) is 2.83. The summed E-state index contributed by atoms with van der Waals surface area (Å²) in [5.74, 6) is 1.42. The van der Waals surface area contributed by atoms with Crippen LogP contribution < -0.4 is 14.8 Å². The molecule has 112 valence electrons. The van der Waals surface area contributed by atoms with Gasteiger partial charge >= 0.3 is 0 Å². The number of thioether (sulfide) groups is 1. The van der Waals surface area contributed by atoms with Crippen LogP contribution in [-0.2, 0) is 4.79 Å². The van der Waals surface area contributed by atoms with E-state index >= 15 is 0 Å². The van der Waals surface area contributed by atoms with Gasteiger partial charge in [0.2, 0.25) is 5.91 Å². The van der Waals surface area contributed by atoms with Gasteiger partial charge in [-0.2, -0.15) is 0 Å². The van der Waals surface area contributed by atoms with Gasteiger partial charge in [-0.3, -0.25) is 4.79 Å². The smallest absolute Gasteiger partial charge is 0.233 e. The molecule has 1 amide bonds. The fourth-order valence-electron chi connectivity index (χ4n) is 1.61. The van der Waals surface area contributed by atoms with E-state index in [9.17, 15) is 4.79 Å². The molecule has 5 heteroatoms. The molecule has 0 aliphatic carbocycles. The molecule has 1 aromatic carbocycles. The quantitative estimate of drug-likeness (QED) is 0.786. The summed E-state index contributed by atoms with van der Waals surface area (Å²) in [6.07, 6.45) is 0.930. The second-order valence-electron chi connectivity index (χ2n) is 4.59. The summed E-state index contributed by atoms with van der Waals surface area (Å²) < 4.78 is 10.5. The first-order valence-electron chi connectivity index (χ1n) is 6.70. The number of carbonyl (C=O) groups is 1. The molecule has 0 saturated carbocycles. The van der Waals surface area contributed by atoms with Crippen LogP contribution in [0.1, 0.15) is 27.2 Å². The van der Waals surface area contributed by atoms with Gasteiger partial charge in [-0.25, -0.2) is 0 Å². The molecular formula is C15H23NO3S. The van der Waals surface area contributed by atoms with Crippen LogP contribution in [0.5, 0.6) is 11.5 Å². The normalized spacial score (nSPS) is 13.4. The third kappa shape index (κ3) is 4.63. The van der Waals surface area contributed by atoms with Gasteiger partial charge in [0.25, 0.3) is 0 Å². The first-order valence-corrected chi connectivity index (χ1v) is 7.58. The zero-order valence-corrected chi connectivity index (χ0v) is 13.5. The van der Waals surface area contributed by atoms with Crippen molar-refractivity contribution in [2.75, 3.05) is 14.2 Å². The average molecular weight is 297 g/mol. The van der Waals surface area contributed by atoms with E-state index in [1.54, 1.807) is 14.2 Å². The lowest BCUT2D eigenvalue weighted by Gasteiger charge is -2.16. The van der Waals surface area contributed by atoms with Gasteiger partial charge in [-0.05, 0) is 38.5 Å². The van der Waals surface area contributed by atoms with Crippen LogP contribution in [0.2, 0.25) is 0 Å². The highest BCUT2D eigenvalue weighted by atomic mass is 32.2. The topological polar surface area (TPSA) is 47.6 Å². The van der Waals surface area contributed by atoms with Crippen molar-refractivity contribution in [2.24, 2.45) is 0 Å². The van der Waals surface area contributed by atoms with Crippen LogP contribution in [-0.4, -0.2) is 31.4 Å². The van der Waals surface area contributed by atoms with Crippen molar-refractivity contribution in [1.29, 1.82) is 0 Å². The highest BCUT2D eigenvalue weighted by Crippen LogP contribution is 2.33. The number of methoxy groups -OCH3 is 2. The molecule has 0 heterocycles. The molecular weight excluding hydrogens is 274 g/mol. The van der Waals surface area contributed by atoms with E-state index in [-0.39, 0.29) is 17.2 Å². The number of ether oxygens (including phenoxy) is 2. The Bertz CT molecular complexity index is 451. The minimum atomic E-state index is -0.151. The lowest BCUT2D eigenvalue weighted by molar-refractivity contribution is -0.120. The molecule has 0 radical (unpaired) electrons. The molecule has 0 unspecified atom stereocenters. The van der Waals surface area contributed by atoms with Gasteiger partial charge in [0.1, 0.15) is 0 Å². The molecule has 0 bridgehead atoms. The van der Waals surface area contributed by atoms with Gasteiger partial charge in [0.15, 0.2) is 11.5 Å². The molecule has 2 atom stereocenters. The monoisotopic (exact) mass is 297 g/mol. The molecule has 0 aliphatic rings. The van der Waals surface area contributed by atoms with Crippen molar-refractivity contribution in [3.8, 4) is 11.5 Å². The first-order chi connectivity index (χ1) is 9.51. The number of amides is 1. The number of carbonyl (C=O) groups excluding carboxylic acids is 1. The Hall–Kier alpha value is -1.36. The second kappa shape index (κ2) is 8.04. The summed E-state index contributed by atoms with van der Waals surface area (Å²) in [6.45, 7) is 5.96. The maximum Gasteiger partial charge on any atom is 0.233 e. The van der Waals surface area contributed by atoms with Crippen LogP contribution in [0.4, 0.5) is 0 Å². The molecule has 0 fully saturated rings. The van der Waals surface area contributed by atoms with Crippen LogP contribution >= 0.6 is 11.8 Å². The van der Waals surface area contributed by atoms with E-state index in [0.29, 0.717) is 11.5 Å². The fraction of sp³-hybridized carbons (Fsp3) is 0.533.